The predicted octanol–water partition coefficient (Wildman–Crippen LogP) is 0.721. The second kappa shape index (κ2) is 3.90. The van der Waals surface area contributed by atoms with E-state index in [9.17, 15) is 9.59 Å². The fraction of sp³-hybridized carbons (Fsp3) is 0.636. The molecule has 2 N–H and O–H groups in total. The number of fused-ring (bicyclic) bond motifs is 1. The van der Waals surface area contributed by atoms with Crippen molar-refractivity contribution in [1.82, 2.24) is 9.97 Å². The van der Waals surface area contributed by atoms with Crippen LogP contribution in [0.5, 0.6) is 0 Å². The van der Waals surface area contributed by atoms with Crippen LogP contribution in [0.4, 0.5) is 0 Å². The highest BCUT2D eigenvalue weighted by atomic mass is 16.5. The third-order valence-electron chi connectivity index (χ3n) is 3.00. The summed E-state index contributed by atoms with van der Waals surface area (Å²) in [5, 5.41) is 0. The van der Waals surface area contributed by atoms with Gasteiger partial charge in [0.1, 0.15) is 0 Å². The van der Waals surface area contributed by atoms with Gasteiger partial charge < -0.3 is 9.72 Å². The number of rotatable bonds is 1. The zero-order valence-electron chi connectivity index (χ0n) is 9.66. The largest absolute Gasteiger partial charge is 0.370 e. The van der Waals surface area contributed by atoms with E-state index in [-0.39, 0.29) is 17.8 Å². The van der Waals surface area contributed by atoms with Crippen molar-refractivity contribution in [1.29, 1.82) is 0 Å². The van der Waals surface area contributed by atoms with Crippen LogP contribution in [0.25, 0.3) is 0 Å². The number of hydrogen-bond donors (Lipinski definition) is 2. The molecular formula is C11H16N2O3. The van der Waals surface area contributed by atoms with E-state index in [1.165, 1.54) is 0 Å². The molecule has 1 aromatic rings. The third-order valence-corrected chi connectivity index (χ3v) is 3.00. The smallest absolute Gasteiger partial charge is 0.325 e. The minimum absolute atomic E-state index is 0.0555. The van der Waals surface area contributed by atoms with Crippen molar-refractivity contribution in [2.75, 3.05) is 0 Å². The van der Waals surface area contributed by atoms with Crippen molar-refractivity contribution in [3.05, 3.63) is 32.1 Å². The van der Waals surface area contributed by atoms with Crippen LogP contribution >= 0.6 is 0 Å². The quantitative estimate of drug-likeness (QED) is 0.738. The maximum atomic E-state index is 11.6. The van der Waals surface area contributed by atoms with E-state index in [1.807, 2.05) is 6.92 Å². The topological polar surface area (TPSA) is 75.0 Å². The number of nitrogens with one attached hydrogen (secondary N) is 2. The van der Waals surface area contributed by atoms with E-state index in [4.69, 9.17) is 4.74 Å². The molecule has 0 saturated heterocycles. The highest BCUT2D eigenvalue weighted by molar-refractivity contribution is 5.22. The Morgan fingerprint density at radius 1 is 1.31 bits per heavy atom. The second-order valence-corrected chi connectivity index (χ2v) is 4.57. The molecule has 0 radical (unpaired) electrons. The Morgan fingerprint density at radius 3 is 2.62 bits per heavy atom. The normalized spacial score (nSPS) is 24.5. The molecule has 0 aromatic carbocycles. The van der Waals surface area contributed by atoms with Gasteiger partial charge in [-0.15, -0.1) is 0 Å². The van der Waals surface area contributed by atoms with Crippen molar-refractivity contribution in [2.24, 2.45) is 5.92 Å². The monoisotopic (exact) mass is 224 g/mol. The first-order valence-electron chi connectivity index (χ1n) is 5.50. The molecule has 5 nitrogen and oxygen atoms in total. The van der Waals surface area contributed by atoms with Crippen molar-refractivity contribution in [3.63, 3.8) is 0 Å². The molecule has 2 rings (SSSR count). The lowest BCUT2D eigenvalue weighted by Crippen LogP contribution is -2.38. The highest BCUT2D eigenvalue weighted by Crippen LogP contribution is 2.28. The molecule has 5 heteroatoms. The summed E-state index contributed by atoms with van der Waals surface area (Å²) in [6, 6.07) is 0. The predicted molar refractivity (Wildman–Crippen MR) is 59.5 cm³/mol. The van der Waals surface area contributed by atoms with Crippen molar-refractivity contribution in [3.8, 4) is 0 Å². The van der Waals surface area contributed by atoms with Crippen molar-refractivity contribution in [2.45, 2.75) is 39.4 Å². The fourth-order valence-electron chi connectivity index (χ4n) is 2.11. The Kier molecular flexibility index (Phi) is 2.71. The van der Waals surface area contributed by atoms with Gasteiger partial charge in [-0.2, -0.15) is 0 Å². The van der Waals surface area contributed by atoms with Gasteiger partial charge in [0.2, 0.25) is 0 Å². The molecule has 0 amide bonds. The molecule has 2 heterocycles. The van der Waals surface area contributed by atoms with Crippen LogP contribution in [0.2, 0.25) is 0 Å². The van der Waals surface area contributed by atoms with E-state index in [1.54, 1.807) is 0 Å². The van der Waals surface area contributed by atoms with Crippen LogP contribution in [0.3, 0.4) is 0 Å². The summed E-state index contributed by atoms with van der Waals surface area (Å²) >= 11 is 0. The van der Waals surface area contributed by atoms with Crippen LogP contribution in [-0.4, -0.2) is 16.1 Å². The minimum atomic E-state index is -0.444. The van der Waals surface area contributed by atoms with Gasteiger partial charge in [0.15, 0.2) is 0 Å². The Morgan fingerprint density at radius 2 is 2.00 bits per heavy atom. The molecule has 1 aromatic heterocycles. The number of H-pyrrole nitrogens is 2. The average molecular weight is 224 g/mol. The maximum absolute atomic E-state index is 11.6. The van der Waals surface area contributed by atoms with E-state index in [2.05, 4.69) is 23.8 Å². The van der Waals surface area contributed by atoms with Gasteiger partial charge in [-0.3, -0.25) is 9.78 Å². The average Bonchev–Trinajstić information content (AvgIpc) is 2.15. The highest BCUT2D eigenvalue weighted by Gasteiger charge is 2.29. The van der Waals surface area contributed by atoms with Gasteiger partial charge in [0.25, 0.3) is 5.56 Å². The van der Waals surface area contributed by atoms with Gasteiger partial charge in [0.05, 0.1) is 17.8 Å². The Hall–Kier alpha value is -1.36. The molecule has 0 aliphatic carbocycles. The molecule has 0 bridgehead atoms. The number of aromatic amines is 2. The van der Waals surface area contributed by atoms with Crippen LogP contribution in [-0.2, 0) is 11.2 Å². The number of ether oxygens (including phenoxy) is 1. The molecule has 1 aliphatic rings. The van der Waals surface area contributed by atoms with E-state index >= 15 is 0 Å². The standard InChI is InChI=1S/C11H16N2O3/c1-5(2)8-4-7-9(6(3)16-8)10(14)13-11(15)12-7/h5-6,8H,4H2,1-3H3,(H2,12,13,14,15)/t6-,8-/m0/s1. The van der Waals surface area contributed by atoms with Crippen molar-refractivity contribution >= 4 is 0 Å². The lowest BCUT2D eigenvalue weighted by Gasteiger charge is -2.31. The Bertz CT molecular complexity index is 501. The lowest BCUT2D eigenvalue weighted by molar-refractivity contribution is -0.0415. The molecule has 1 aliphatic heterocycles. The first-order chi connectivity index (χ1) is 7.49. The SMILES string of the molecule is CC(C)[C@@H]1Cc2[nH]c(=O)[nH]c(=O)c2[C@H](C)O1. The minimum Gasteiger partial charge on any atom is -0.370 e. The molecule has 2 atom stereocenters. The van der Waals surface area contributed by atoms with Crippen molar-refractivity contribution < 1.29 is 4.74 Å². The maximum Gasteiger partial charge on any atom is 0.325 e. The summed E-state index contributed by atoms with van der Waals surface area (Å²) in [5.41, 5.74) is 0.483. The van der Waals surface area contributed by atoms with Gasteiger partial charge in [-0.25, -0.2) is 4.79 Å². The molecule has 16 heavy (non-hydrogen) atoms. The van der Waals surface area contributed by atoms with Crippen LogP contribution in [0.15, 0.2) is 9.59 Å². The lowest BCUT2D eigenvalue weighted by atomic mass is 9.95. The zero-order chi connectivity index (χ0) is 11.9. The van der Waals surface area contributed by atoms with Crippen LogP contribution in [0.1, 0.15) is 38.1 Å². The summed E-state index contributed by atoms with van der Waals surface area (Å²) in [5.74, 6) is 0.360. The summed E-state index contributed by atoms with van der Waals surface area (Å²) in [6.45, 7) is 5.96. The van der Waals surface area contributed by atoms with Gasteiger partial charge >= 0.3 is 5.69 Å². The summed E-state index contributed by atoms with van der Waals surface area (Å²) in [6.07, 6.45) is 0.382. The first-order valence-corrected chi connectivity index (χ1v) is 5.50. The molecule has 0 fully saturated rings. The van der Waals surface area contributed by atoms with E-state index in [0.29, 0.717) is 23.6 Å². The van der Waals surface area contributed by atoms with Crippen LogP contribution < -0.4 is 11.2 Å². The summed E-state index contributed by atoms with van der Waals surface area (Å²) in [4.78, 5) is 27.7. The van der Waals surface area contributed by atoms with E-state index in [0.717, 1.165) is 0 Å². The fourth-order valence-corrected chi connectivity index (χ4v) is 2.11. The van der Waals surface area contributed by atoms with Gasteiger partial charge in [-0.05, 0) is 12.8 Å². The Labute approximate surface area is 92.9 Å². The Balaban J connectivity index is 2.50. The van der Waals surface area contributed by atoms with Gasteiger partial charge in [0, 0.05) is 12.1 Å². The molecule has 88 valence electrons. The van der Waals surface area contributed by atoms with Gasteiger partial charge in [-0.1, -0.05) is 13.8 Å². The van der Waals surface area contributed by atoms with Crippen LogP contribution in [0, 0.1) is 5.92 Å². The summed E-state index contributed by atoms with van der Waals surface area (Å²) in [7, 11) is 0. The molecule has 0 unspecified atom stereocenters. The number of hydrogen-bond acceptors (Lipinski definition) is 3. The molecule has 0 saturated carbocycles. The second-order valence-electron chi connectivity index (χ2n) is 4.57. The third kappa shape index (κ3) is 1.82. The van der Waals surface area contributed by atoms with E-state index < -0.39 is 5.69 Å². The molecular weight excluding hydrogens is 208 g/mol. The molecule has 0 spiro atoms. The number of aromatic nitrogens is 2. The summed E-state index contributed by atoms with van der Waals surface area (Å²) < 4.78 is 5.75. The zero-order valence-corrected chi connectivity index (χ0v) is 9.66. The first kappa shape index (κ1) is 11.1.